The van der Waals surface area contributed by atoms with E-state index in [1.54, 1.807) is 13.0 Å². The van der Waals surface area contributed by atoms with E-state index >= 15 is 0 Å². The van der Waals surface area contributed by atoms with Crippen molar-refractivity contribution >= 4 is 38.3 Å². The lowest BCUT2D eigenvalue weighted by atomic mass is 10.1. The van der Waals surface area contributed by atoms with Crippen LogP contribution in [0, 0.1) is 12.3 Å². The number of hydrogen-bond donors (Lipinski definition) is 2. The van der Waals surface area contributed by atoms with Gasteiger partial charge >= 0.3 is 10.1 Å². The standard InChI is InChI=1S/C20H25N3O7S2.ClH/c1-14-9-15(28-12-20(7-8-20)13-29-23-19(21)22)11-16(10-14)30-32(26,27)18-6-4-3-5-17(18)31(2,24)25;/h3-6,9-11H,7-8,12-13H2,1-2H3,(H4,21,22,23);1H. The van der Waals surface area contributed by atoms with E-state index < -0.39 is 24.9 Å². The zero-order valence-corrected chi connectivity index (χ0v) is 20.5. The number of oxime groups is 1. The second-order valence-electron chi connectivity index (χ2n) is 7.82. The van der Waals surface area contributed by atoms with Gasteiger partial charge in [-0.05, 0) is 54.8 Å². The molecule has 13 heteroatoms. The molecule has 33 heavy (non-hydrogen) atoms. The van der Waals surface area contributed by atoms with Gasteiger partial charge in [0.15, 0.2) is 9.84 Å². The number of aryl methyl sites for hydroxylation is 1. The van der Waals surface area contributed by atoms with Gasteiger partial charge in [-0.2, -0.15) is 8.42 Å². The molecule has 0 saturated heterocycles. The molecular formula is C20H26ClN3O7S2. The van der Waals surface area contributed by atoms with E-state index in [1.165, 1.54) is 36.4 Å². The maximum Gasteiger partial charge on any atom is 0.340 e. The molecule has 0 bridgehead atoms. The van der Waals surface area contributed by atoms with E-state index in [1.807, 2.05) is 0 Å². The molecular weight excluding hydrogens is 494 g/mol. The first-order valence-electron chi connectivity index (χ1n) is 9.59. The van der Waals surface area contributed by atoms with Crippen molar-refractivity contribution in [2.45, 2.75) is 29.6 Å². The molecule has 0 aromatic heterocycles. The van der Waals surface area contributed by atoms with Gasteiger partial charge in [0.05, 0.1) is 11.5 Å². The van der Waals surface area contributed by atoms with E-state index in [-0.39, 0.29) is 41.0 Å². The van der Waals surface area contributed by atoms with Crippen LogP contribution in [0.1, 0.15) is 18.4 Å². The molecule has 2 aromatic carbocycles. The van der Waals surface area contributed by atoms with E-state index in [9.17, 15) is 16.8 Å². The number of nitrogens with two attached hydrogens (primary N) is 2. The van der Waals surface area contributed by atoms with Crippen LogP contribution in [0.25, 0.3) is 0 Å². The summed E-state index contributed by atoms with van der Waals surface area (Å²) in [4.78, 5) is 4.35. The van der Waals surface area contributed by atoms with Crippen LogP contribution in [-0.2, 0) is 24.8 Å². The first-order chi connectivity index (χ1) is 14.9. The van der Waals surface area contributed by atoms with Gasteiger partial charge in [0.25, 0.3) is 0 Å². The van der Waals surface area contributed by atoms with Gasteiger partial charge in [0, 0.05) is 17.7 Å². The summed E-state index contributed by atoms with van der Waals surface area (Å²) in [5, 5.41) is 3.51. The SMILES string of the molecule is Cc1cc(OCC2(CON=C(N)N)CC2)cc(OS(=O)(=O)c2ccccc2S(C)(=O)=O)c1.Cl. The maximum absolute atomic E-state index is 12.8. The molecule has 0 atom stereocenters. The topological polar surface area (TPSA) is 160 Å². The average Bonchev–Trinajstić information content (AvgIpc) is 3.45. The zero-order chi connectivity index (χ0) is 23.6. The van der Waals surface area contributed by atoms with Crippen LogP contribution < -0.4 is 20.4 Å². The number of rotatable bonds is 10. The molecule has 0 heterocycles. The third-order valence-electron chi connectivity index (χ3n) is 4.79. The largest absolute Gasteiger partial charge is 0.493 e. The molecule has 1 saturated carbocycles. The Hall–Kier alpha value is -2.70. The van der Waals surface area contributed by atoms with E-state index in [4.69, 9.17) is 25.2 Å². The fourth-order valence-electron chi connectivity index (χ4n) is 2.97. The second-order valence-corrected chi connectivity index (χ2v) is 11.3. The quantitative estimate of drug-likeness (QED) is 0.207. The second kappa shape index (κ2) is 10.1. The highest BCUT2D eigenvalue weighted by Gasteiger charge is 2.45. The minimum absolute atomic E-state index is 0. The van der Waals surface area contributed by atoms with Crippen molar-refractivity contribution in [3.05, 3.63) is 48.0 Å². The van der Waals surface area contributed by atoms with E-state index in [2.05, 4.69) is 5.16 Å². The van der Waals surface area contributed by atoms with E-state index in [0.717, 1.165) is 19.1 Å². The van der Waals surface area contributed by atoms with Gasteiger partial charge in [-0.1, -0.05) is 12.1 Å². The Morgan fingerprint density at radius 1 is 1.00 bits per heavy atom. The van der Waals surface area contributed by atoms with E-state index in [0.29, 0.717) is 17.9 Å². The summed E-state index contributed by atoms with van der Waals surface area (Å²) in [5.74, 6) is 0.241. The van der Waals surface area contributed by atoms with Crippen molar-refractivity contribution in [1.82, 2.24) is 0 Å². The van der Waals surface area contributed by atoms with Gasteiger partial charge in [0.1, 0.15) is 23.0 Å². The lowest BCUT2D eigenvalue weighted by molar-refractivity contribution is 0.0714. The highest BCUT2D eigenvalue weighted by Crippen LogP contribution is 2.46. The Morgan fingerprint density at radius 3 is 2.18 bits per heavy atom. The summed E-state index contributed by atoms with van der Waals surface area (Å²) in [6.07, 6.45) is 2.68. The normalized spacial score (nSPS) is 14.5. The fourth-order valence-corrected chi connectivity index (χ4v) is 5.49. The predicted molar refractivity (Wildman–Crippen MR) is 125 cm³/mol. The van der Waals surface area contributed by atoms with Crippen LogP contribution in [0.4, 0.5) is 0 Å². The third kappa shape index (κ3) is 7.14. The molecule has 1 aliphatic carbocycles. The Bertz CT molecular complexity index is 1240. The molecule has 1 fully saturated rings. The van der Waals surface area contributed by atoms with Crippen molar-refractivity contribution in [1.29, 1.82) is 0 Å². The molecule has 3 rings (SSSR count). The molecule has 0 unspecified atom stereocenters. The molecule has 182 valence electrons. The fraction of sp³-hybridized carbons (Fsp3) is 0.350. The third-order valence-corrected chi connectivity index (χ3v) is 7.38. The molecule has 4 N–H and O–H groups in total. The van der Waals surface area contributed by atoms with Crippen LogP contribution in [0.5, 0.6) is 11.5 Å². The minimum atomic E-state index is -4.40. The van der Waals surface area contributed by atoms with Crippen molar-refractivity contribution in [3.8, 4) is 11.5 Å². The lowest BCUT2D eigenvalue weighted by Crippen LogP contribution is -2.24. The first kappa shape index (κ1) is 26.6. The highest BCUT2D eigenvalue weighted by atomic mass is 35.5. The van der Waals surface area contributed by atoms with Crippen molar-refractivity contribution < 1.29 is 30.6 Å². The van der Waals surface area contributed by atoms with Crippen molar-refractivity contribution in [3.63, 3.8) is 0 Å². The number of nitrogens with zero attached hydrogens (tertiary/aromatic N) is 1. The Balaban J connectivity index is 0.00000385. The zero-order valence-electron chi connectivity index (χ0n) is 18.1. The van der Waals surface area contributed by atoms with Gasteiger partial charge in [-0.25, -0.2) is 8.42 Å². The minimum Gasteiger partial charge on any atom is -0.493 e. The summed E-state index contributed by atoms with van der Waals surface area (Å²) >= 11 is 0. The molecule has 0 spiro atoms. The smallest absolute Gasteiger partial charge is 0.340 e. The Labute approximate surface area is 199 Å². The summed E-state index contributed by atoms with van der Waals surface area (Å²) in [5.41, 5.74) is 11.0. The number of ether oxygens (including phenoxy) is 1. The number of guanidine groups is 1. The van der Waals surface area contributed by atoms with Crippen LogP contribution in [-0.4, -0.2) is 42.3 Å². The molecule has 10 nitrogen and oxygen atoms in total. The van der Waals surface area contributed by atoms with Crippen LogP contribution in [0.15, 0.2) is 57.4 Å². The number of benzene rings is 2. The maximum atomic E-state index is 12.8. The van der Waals surface area contributed by atoms with Crippen molar-refractivity contribution in [2.24, 2.45) is 22.0 Å². The number of sulfone groups is 1. The number of hydrogen-bond acceptors (Lipinski definition) is 8. The van der Waals surface area contributed by atoms with Gasteiger partial charge < -0.3 is 25.2 Å². The first-order valence-corrected chi connectivity index (χ1v) is 12.9. The van der Waals surface area contributed by atoms with Crippen LogP contribution in [0.3, 0.4) is 0 Å². The highest BCUT2D eigenvalue weighted by molar-refractivity contribution is 7.92. The lowest BCUT2D eigenvalue weighted by Gasteiger charge is -2.16. The molecule has 1 aliphatic rings. The van der Waals surface area contributed by atoms with Crippen LogP contribution >= 0.6 is 12.4 Å². The molecule has 0 radical (unpaired) electrons. The van der Waals surface area contributed by atoms with Gasteiger partial charge in [-0.3, -0.25) is 0 Å². The Kier molecular flexibility index (Phi) is 8.09. The Morgan fingerprint density at radius 2 is 1.61 bits per heavy atom. The van der Waals surface area contributed by atoms with Crippen molar-refractivity contribution in [2.75, 3.05) is 19.5 Å². The average molecular weight is 520 g/mol. The van der Waals surface area contributed by atoms with Crippen LogP contribution in [0.2, 0.25) is 0 Å². The summed E-state index contributed by atoms with van der Waals surface area (Å²) in [6.45, 7) is 2.36. The molecule has 0 aliphatic heterocycles. The molecule has 2 aromatic rings. The summed E-state index contributed by atoms with van der Waals surface area (Å²) in [6, 6.07) is 9.95. The predicted octanol–water partition coefficient (Wildman–Crippen LogP) is 1.95. The monoisotopic (exact) mass is 519 g/mol. The summed E-state index contributed by atoms with van der Waals surface area (Å²) in [7, 11) is -8.18. The van der Waals surface area contributed by atoms with Gasteiger partial charge in [-0.15, -0.1) is 12.4 Å². The van der Waals surface area contributed by atoms with Gasteiger partial charge in [0.2, 0.25) is 5.96 Å². The summed E-state index contributed by atoms with van der Waals surface area (Å²) < 4.78 is 60.7. The molecule has 0 amide bonds. The number of halogens is 1.